The van der Waals surface area contributed by atoms with Gasteiger partial charge in [-0.1, -0.05) is 12.1 Å². The Labute approximate surface area is 161 Å². The summed E-state index contributed by atoms with van der Waals surface area (Å²) >= 11 is 0. The van der Waals surface area contributed by atoms with Crippen LogP contribution in [0.4, 0.5) is 4.39 Å². The second-order valence-corrected chi connectivity index (χ2v) is 6.72. The monoisotopic (exact) mass is 383 g/mol. The number of nitrogens with one attached hydrogen (secondary N) is 2. The Balaban J connectivity index is 1.53. The van der Waals surface area contributed by atoms with Crippen molar-refractivity contribution in [3.05, 3.63) is 64.4 Å². The first-order valence-electron chi connectivity index (χ1n) is 8.98. The van der Waals surface area contributed by atoms with E-state index in [9.17, 15) is 14.0 Å². The topological polar surface area (TPSA) is 88.4 Å². The number of amides is 2. The van der Waals surface area contributed by atoms with Gasteiger partial charge >= 0.3 is 0 Å². The van der Waals surface area contributed by atoms with Gasteiger partial charge in [0.05, 0.1) is 12.1 Å². The summed E-state index contributed by atoms with van der Waals surface area (Å²) in [5, 5.41) is 4.42. The average molecular weight is 383 g/mol. The third-order valence-corrected chi connectivity index (χ3v) is 4.51. The van der Waals surface area contributed by atoms with E-state index < -0.39 is 0 Å². The highest BCUT2D eigenvalue weighted by Crippen LogP contribution is 2.16. The molecule has 1 aromatic carbocycles. The summed E-state index contributed by atoms with van der Waals surface area (Å²) in [7, 11) is 0. The quantitative estimate of drug-likeness (QED) is 0.661. The van der Waals surface area contributed by atoms with Gasteiger partial charge in [-0.15, -0.1) is 0 Å². The minimum Gasteiger partial charge on any atom is -0.273 e. The predicted molar refractivity (Wildman–Crippen MR) is 102 cm³/mol. The van der Waals surface area contributed by atoms with Gasteiger partial charge in [-0.3, -0.25) is 20.4 Å². The summed E-state index contributed by atoms with van der Waals surface area (Å²) in [6.07, 6.45) is 0.739. The van der Waals surface area contributed by atoms with Crippen molar-refractivity contribution in [3.8, 4) is 0 Å². The van der Waals surface area contributed by atoms with E-state index in [0.29, 0.717) is 12.0 Å². The lowest BCUT2D eigenvalue weighted by Gasteiger charge is -2.11. The summed E-state index contributed by atoms with van der Waals surface area (Å²) < 4.78 is 14.7. The first kappa shape index (κ1) is 19.5. The molecule has 0 saturated heterocycles. The Morgan fingerprint density at radius 3 is 2.46 bits per heavy atom. The normalized spacial score (nSPS) is 10.9. The van der Waals surface area contributed by atoms with Crippen molar-refractivity contribution in [2.45, 2.75) is 40.0 Å². The number of rotatable bonds is 5. The summed E-state index contributed by atoms with van der Waals surface area (Å²) in [6, 6.07) is 7.55. The van der Waals surface area contributed by atoms with Gasteiger partial charge in [0.15, 0.2) is 5.65 Å². The zero-order valence-corrected chi connectivity index (χ0v) is 16.0. The number of aryl methyl sites for hydroxylation is 3. The number of benzene rings is 1. The Morgan fingerprint density at radius 1 is 1.07 bits per heavy atom. The molecule has 7 nitrogen and oxygen atoms in total. The summed E-state index contributed by atoms with van der Waals surface area (Å²) in [5.41, 5.74) is 9.89. The van der Waals surface area contributed by atoms with E-state index in [1.54, 1.807) is 4.52 Å². The van der Waals surface area contributed by atoms with Gasteiger partial charge in [0.1, 0.15) is 5.82 Å². The maximum absolute atomic E-state index is 12.9. The average Bonchev–Trinajstić information content (AvgIpc) is 3.02. The highest BCUT2D eigenvalue weighted by molar-refractivity contribution is 5.83. The van der Waals surface area contributed by atoms with Crippen LogP contribution in [0.2, 0.25) is 0 Å². The van der Waals surface area contributed by atoms with E-state index >= 15 is 0 Å². The summed E-state index contributed by atoms with van der Waals surface area (Å²) in [6.45, 7) is 5.77. The molecule has 3 aromatic rings. The molecular weight excluding hydrogens is 361 g/mol. The first-order chi connectivity index (χ1) is 13.3. The maximum Gasteiger partial charge on any atom is 0.242 e. The van der Waals surface area contributed by atoms with E-state index in [1.165, 1.54) is 24.3 Å². The van der Waals surface area contributed by atoms with Crippen LogP contribution in [0.5, 0.6) is 0 Å². The van der Waals surface area contributed by atoms with Gasteiger partial charge in [0.25, 0.3) is 0 Å². The molecule has 2 heterocycles. The standard InChI is InChI=1S/C20H22FN5O2/c1-12-10-18-22-13(2)17(14(3)26(18)25-12)8-9-19(27)23-24-20(28)11-15-4-6-16(21)7-5-15/h4-7,10H,8-9,11H2,1-3H3,(H,23,27)(H,24,28). The van der Waals surface area contributed by atoms with Gasteiger partial charge in [0, 0.05) is 23.9 Å². The van der Waals surface area contributed by atoms with E-state index in [4.69, 9.17) is 0 Å². The number of hydrogen-bond acceptors (Lipinski definition) is 4. The summed E-state index contributed by atoms with van der Waals surface area (Å²) in [4.78, 5) is 28.5. The minimum atomic E-state index is -0.373. The molecule has 0 saturated carbocycles. The van der Waals surface area contributed by atoms with Crippen LogP contribution in [0, 0.1) is 26.6 Å². The Morgan fingerprint density at radius 2 is 1.75 bits per heavy atom. The molecule has 2 aromatic heterocycles. The molecule has 0 bridgehead atoms. The Kier molecular flexibility index (Phi) is 5.67. The van der Waals surface area contributed by atoms with Crippen molar-refractivity contribution >= 4 is 17.5 Å². The van der Waals surface area contributed by atoms with Gasteiger partial charge < -0.3 is 0 Å². The minimum absolute atomic E-state index is 0.0536. The van der Waals surface area contributed by atoms with E-state index in [1.807, 2.05) is 26.8 Å². The van der Waals surface area contributed by atoms with Crippen LogP contribution in [0.15, 0.2) is 30.3 Å². The van der Waals surface area contributed by atoms with Crippen LogP contribution in [0.25, 0.3) is 5.65 Å². The number of halogens is 1. The van der Waals surface area contributed by atoms with Crippen molar-refractivity contribution in [1.29, 1.82) is 0 Å². The predicted octanol–water partition coefficient (Wildman–Crippen LogP) is 2.12. The zero-order valence-electron chi connectivity index (χ0n) is 16.0. The molecule has 0 atom stereocenters. The van der Waals surface area contributed by atoms with Crippen molar-refractivity contribution < 1.29 is 14.0 Å². The zero-order chi connectivity index (χ0) is 20.3. The lowest BCUT2D eigenvalue weighted by molar-refractivity contribution is -0.128. The molecule has 8 heteroatoms. The molecule has 0 spiro atoms. The van der Waals surface area contributed by atoms with E-state index in [0.717, 1.165) is 28.3 Å². The van der Waals surface area contributed by atoms with Gasteiger partial charge in [-0.05, 0) is 50.5 Å². The summed E-state index contributed by atoms with van der Waals surface area (Å²) in [5.74, 6) is -1.04. The fourth-order valence-electron chi connectivity index (χ4n) is 3.08. The molecule has 0 radical (unpaired) electrons. The highest BCUT2D eigenvalue weighted by atomic mass is 19.1. The van der Waals surface area contributed by atoms with E-state index in [-0.39, 0.29) is 30.5 Å². The molecular formula is C20H22FN5O2. The van der Waals surface area contributed by atoms with Gasteiger partial charge in [-0.2, -0.15) is 5.10 Å². The third kappa shape index (κ3) is 4.51. The van der Waals surface area contributed by atoms with Crippen molar-refractivity contribution in [2.24, 2.45) is 0 Å². The number of nitrogens with zero attached hydrogens (tertiary/aromatic N) is 3. The molecule has 28 heavy (non-hydrogen) atoms. The second kappa shape index (κ2) is 8.16. The van der Waals surface area contributed by atoms with Crippen molar-refractivity contribution in [3.63, 3.8) is 0 Å². The SMILES string of the molecule is Cc1cc2nc(C)c(CCC(=O)NNC(=O)Cc3ccc(F)cc3)c(C)n2n1. The molecule has 3 rings (SSSR count). The van der Waals surface area contributed by atoms with Crippen molar-refractivity contribution in [1.82, 2.24) is 25.4 Å². The number of carbonyl (C=O) groups is 2. The van der Waals surface area contributed by atoms with Crippen LogP contribution < -0.4 is 10.9 Å². The molecule has 0 fully saturated rings. The largest absolute Gasteiger partial charge is 0.273 e. The fraction of sp³-hybridized carbons (Fsp3) is 0.300. The van der Waals surface area contributed by atoms with Gasteiger partial charge in [0.2, 0.25) is 11.8 Å². The van der Waals surface area contributed by atoms with Crippen LogP contribution in [0.1, 0.15) is 34.6 Å². The number of aromatic nitrogens is 3. The first-order valence-corrected chi connectivity index (χ1v) is 8.98. The third-order valence-electron chi connectivity index (χ3n) is 4.51. The van der Waals surface area contributed by atoms with E-state index in [2.05, 4.69) is 20.9 Å². The van der Waals surface area contributed by atoms with Crippen molar-refractivity contribution in [2.75, 3.05) is 0 Å². The maximum atomic E-state index is 12.9. The smallest absolute Gasteiger partial charge is 0.242 e. The van der Waals surface area contributed by atoms with Gasteiger partial charge in [-0.25, -0.2) is 13.9 Å². The molecule has 2 N–H and O–H groups in total. The molecule has 0 aliphatic heterocycles. The molecule has 146 valence electrons. The molecule has 0 unspecified atom stereocenters. The number of hydrogen-bond donors (Lipinski definition) is 2. The molecule has 2 amide bonds. The van der Waals surface area contributed by atoms with Crippen LogP contribution >= 0.6 is 0 Å². The van der Waals surface area contributed by atoms with Crippen LogP contribution in [-0.2, 0) is 22.4 Å². The number of hydrazine groups is 1. The van der Waals surface area contributed by atoms with Crippen LogP contribution in [0.3, 0.4) is 0 Å². The fourth-order valence-corrected chi connectivity index (χ4v) is 3.08. The number of fused-ring (bicyclic) bond motifs is 1. The molecule has 0 aliphatic rings. The Hall–Kier alpha value is -3.29. The van der Waals surface area contributed by atoms with Crippen LogP contribution in [-0.4, -0.2) is 26.4 Å². The second-order valence-electron chi connectivity index (χ2n) is 6.72. The Bertz CT molecular complexity index is 1030. The highest BCUT2D eigenvalue weighted by Gasteiger charge is 2.13. The lowest BCUT2D eigenvalue weighted by Crippen LogP contribution is -2.42. The molecule has 0 aliphatic carbocycles. The lowest BCUT2D eigenvalue weighted by atomic mass is 10.1. The number of carbonyl (C=O) groups excluding carboxylic acids is 2.